The summed E-state index contributed by atoms with van der Waals surface area (Å²) in [5.41, 5.74) is 8.65. The molecule has 1 heterocycles. The fourth-order valence-electron chi connectivity index (χ4n) is 1.95. The molecule has 0 bridgehead atoms. The summed E-state index contributed by atoms with van der Waals surface area (Å²) in [7, 11) is 1.69. The van der Waals surface area contributed by atoms with Crippen LogP contribution in [-0.4, -0.2) is 33.9 Å². The minimum atomic E-state index is 0.343. The maximum atomic E-state index is 5.93. The third-order valence-electron chi connectivity index (χ3n) is 3.01. The van der Waals surface area contributed by atoms with Crippen molar-refractivity contribution in [3.8, 4) is 11.4 Å². The number of anilines is 1. The molecule has 0 amide bonds. The van der Waals surface area contributed by atoms with E-state index >= 15 is 0 Å². The zero-order valence-electron chi connectivity index (χ0n) is 11.5. The number of aryl methyl sites for hydroxylation is 1. The molecule has 6 heteroatoms. The van der Waals surface area contributed by atoms with Crippen LogP contribution in [0.1, 0.15) is 12.5 Å². The molecule has 2 rings (SSSR count). The molecular formula is C13H19N5O. The minimum Gasteiger partial charge on any atom is -0.398 e. The van der Waals surface area contributed by atoms with Gasteiger partial charge in [0.05, 0.1) is 6.61 Å². The lowest BCUT2D eigenvalue weighted by Gasteiger charge is -2.11. The molecule has 0 aliphatic carbocycles. The predicted molar refractivity (Wildman–Crippen MR) is 73.4 cm³/mol. The molecule has 0 fully saturated rings. The molecule has 1 aromatic heterocycles. The van der Waals surface area contributed by atoms with Crippen LogP contribution in [0.15, 0.2) is 18.2 Å². The van der Waals surface area contributed by atoms with Crippen molar-refractivity contribution in [2.45, 2.75) is 20.4 Å². The van der Waals surface area contributed by atoms with Crippen LogP contribution in [0.2, 0.25) is 0 Å². The molecule has 19 heavy (non-hydrogen) atoms. The summed E-state index contributed by atoms with van der Waals surface area (Å²) in [6.07, 6.45) is 0. The second-order valence-electron chi connectivity index (χ2n) is 4.82. The van der Waals surface area contributed by atoms with Crippen molar-refractivity contribution in [3.05, 3.63) is 23.8 Å². The van der Waals surface area contributed by atoms with Gasteiger partial charge in [-0.1, -0.05) is 19.1 Å². The first-order valence-electron chi connectivity index (χ1n) is 6.23. The van der Waals surface area contributed by atoms with Crippen molar-refractivity contribution in [3.63, 3.8) is 0 Å². The third-order valence-corrected chi connectivity index (χ3v) is 3.01. The van der Waals surface area contributed by atoms with Crippen molar-refractivity contribution in [2.75, 3.05) is 19.5 Å². The maximum absolute atomic E-state index is 5.93. The molecule has 1 unspecified atom stereocenters. The summed E-state index contributed by atoms with van der Waals surface area (Å²) < 4.78 is 6.92. The molecule has 0 aliphatic rings. The Morgan fingerprint density at radius 1 is 1.42 bits per heavy atom. The van der Waals surface area contributed by atoms with Crippen molar-refractivity contribution < 1.29 is 4.74 Å². The fourth-order valence-corrected chi connectivity index (χ4v) is 1.95. The van der Waals surface area contributed by atoms with Gasteiger partial charge in [0.25, 0.3) is 0 Å². The first kappa shape index (κ1) is 13.5. The predicted octanol–water partition coefficient (Wildman–Crippen LogP) is 1.51. The molecule has 0 radical (unpaired) electrons. The van der Waals surface area contributed by atoms with Gasteiger partial charge in [0.1, 0.15) is 0 Å². The summed E-state index contributed by atoms with van der Waals surface area (Å²) >= 11 is 0. The number of hydrogen-bond donors (Lipinski definition) is 1. The van der Waals surface area contributed by atoms with E-state index in [1.54, 1.807) is 11.8 Å². The van der Waals surface area contributed by atoms with Gasteiger partial charge in [-0.25, -0.2) is 4.68 Å². The Morgan fingerprint density at radius 2 is 2.21 bits per heavy atom. The highest BCUT2D eigenvalue weighted by Gasteiger charge is 2.12. The van der Waals surface area contributed by atoms with Gasteiger partial charge < -0.3 is 10.5 Å². The number of nitrogens with two attached hydrogens (primary N) is 1. The maximum Gasteiger partial charge on any atom is 0.182 e. The van der Waals surface area contributed by atoms with E-state index in [0.29, 0.717) is 19.1 Å². The molecule has 102 valence electrons. The summed E-state index contributed by atoms with van der Waals surface area (Å²) in [6, 6.07) is 5.86. The van der Waals surface area contributed by atoms with E-state index in [9.17, 15) is 0 Å². The lowest BCUT2D eigenvalue weighted by molar-refractivity contribution is 0.149. The Balaban J connectivity index is 2.25. The number of tetrazole rings is 1. The van der Waals surface area contributed by atoms with E-state index in [0.717, 1.165) is 22.6 Å². The highest BCUT2D eigenvalue weighted by Crippen LogP contribution is 2.21. The number of benzene rings is 1. The molecular weight excluding hydrogens is 242 g/mol. The normalized spacial score (nSPS) is 12.6. The van der Waals surface area contributed by atoms with Crippen molar-refractivity contribution in [2.24, 2.45) is 5.92 Å². The van der Waals surface area contributed by atoms with E-state index in [1.807, 2.05) is 25.1 Å². The van der Waals surface area contributed by atoms with Crippen LogP contribution in [-0.2, 0) is 11.3 Å². The fraction of sp³-hybridized carbons (Fsp3) is 0.462. The molecule has 1 aromatic carbocycles. The number of methoxy groups -OCH3 is 1. The standard InChI is InChI=1S/C13H19N5O/c1-9(8-19-3)7-18-13(15-16-17-18)11-5-4-10(2)12(14)6-11/h4-6,9H,7-8,14H2,1-3H3. The lowest BCUT2D eigenvalue weighted by Crippen LogP contribution is -2.14. The van der Waals surface area contributed by atoms with Gasteiger partial charge in [-0.15, -0.1) is 5.10 Å². The van der Waals surface area contributed by atoms with Gasteiger partial charge in [0.2, 0.25) is 0 Å². The van der Waals surface area contributed by atoms with E-state index < -0.39 is 0 Å². The van der Waals surface area contributed by atoms with Gasteiger partial charge in [-0.2, -0.15) is 0 Å². The number of aromatic nitrogens is 4. The van der Waals surface area contributed by atoms with Crippen LogP contribution in [0.5, 0.6) is 0 Å². The van der Waals surface area contributed by atoms with E-state index in [1.165, 1.54) is 0 Å². The summed E-state index contributed by atoms with van der Waals surface area (Å²) in [5.74, 6) is 1.07. The minimum absolute atomic E-state index is 0.343. The number of ether oxygens (including phenoxy) is 1. The van der Waals surface area contributed by atoms with Gasteiger partial charge in [-0.05, 0) is 34.9 Å². The zero-order chi connectivity index (χ0) is 13.8. The molecule has 1 atom stereocenters. The largest absolute Gasteiger partial charge is 0.398 e. The molecule has 2 N–H and O–H groups in total. The van der Waals surface area contributed by atoms with Crippen molar-refractivity contribution in [1.29, 1.82) is 0 Å². The second kappa shape index (κ2) is 5.79. The highest BCUT2D eigenvalue weighted by molar-refractivity contribution is 5.63. The summed E-state index contributed by atoms with van der Waals surface area (Å²) in [5, 5.41) is 11.8. The Hall–Kier alpha value is -1.95. The Morgan fingerprint density at radius 3 is 2.89 bits per heavy atom. The topological polar surface area (TPSA) is 78.8 Å². The second-order valence-corrected chi connectivity index (χ2v) is 4.82. The number of nitrogen functional groups attached to an aromatic ring is 1. The SMILES string of the molecule is COCC(C)Cn1nnnc1-c1ccc(C)c(N)c1. The molecule has 0 saturated carbocycles. The Labute approximate surface area is 112 Å². The van der Waals surface area contributed by atoms with Gasteiger partial charge in [0.15, 0.2) is 5.82 Å². The highest BCUT2D eigenvalue weighted by atomic mass is 16.5. The molecule has 0 aliphatic heterocycles. The van der Waals surface area contributed by atoms with E-state index in [-0.39, 0.29) is 0 Å². The lowest BCUT2D eigenvalue weighted by atomic mass is 10.1. The average Bonchev–Trinajstić information content (AvgIpc) is 2.81. The van der Waals surface area contributed by atoms with Gasteiger partial charge >= 0.3 is 0 Å². The summed E-state index contributed by atoms with van der Waals surface area (Å²) in [4.78, 5) is 0. The first-order valence-corrected chi connectivity index (χ1v) is 6.23. The van der Waals surface area contributed by atoms with Crippen molar-refractivity contribution in [1.82, 2.24) is 20.2 Å². The number of hydrogen-bond acceptors (Lipinski definition) is 5. The van der Waals surface area contributed by atoms with Crippen molar-refractivity contribution >= 4 is 5.69 Å². The number of rotatable bonds is 5. The number of nitrogens with zero attached hydrogens (tertiary/aromatic N) is 4. The van der Waals surface area contributed by atoms with Crippen LogP contribution < -0.4 is 5.73 Å². The molecule has 0 saturated heterocycles. The van der Waals surface area contributed by atoms with Crippen LogP contribution in [0.3, 0.4) is 0 Å². The Bertz CT molecular complexity index is 552. The van der Waals surface area contributed by atoms with Crippen LogP contribution in [0.25, 0.3) is 11.4 Å². The summed E-state index contributed by atoms with van der Waals surface area (Å²) in [6.45, 7) is 5.46. The van der Waals surface area contributed by atoms with Crippen LogP contribution in [0.4, 0.5) is 5.69 Å². The average molecular weight is 261 g/mol. The third kappa shape index (κ3) is 3.08. The first-order chi connectivity index (χ1) is 9.11. The van der Waals surface area contributed by atoms with Crippen LogP contribution in [0, 0.1) is 12.8 Å². The smallest absolute Gasteiger partial charge is 0.182 e. The molecule has 2 aromatic rings. The van der Waals surface area contributed by atoms with Gasteiger partial charge in [0, 0.05) is 24.9 Å². The van der Waals surface area contributed by atoms with Crippen LogP contribution >= 0.6 is 0 Å². The van der Waals surface area contributed by atoms with Gasteiger partial charge in [-0.3, -0.25) is 0 Å². The Kier molecular flexibility index (Phi) is 4.11. The molecule has 0 spiro atoms. The zero-order valence-corrected chi connectivity index (χ0v) is 11.5. The quantitative estimate of drug-likeness (QED) is 0.825. The molecule has 6 nitrogen and oxygen atoms in total. The van der Waals surface area contributed by atoms with E-state index in [2.05, 4.69) is 22.4 Å². The monoisotopic (exact) mass is 261 g/mol. The van der Waals surface area contributed by atoms with E-state index in [4.69, 9.17) is 10.5 Å².